The number of carbonyl (C=O) groups excluding carboxylic acids is 1. The predicted octanol–water partition coefficient (Wildman–Crippen LogP) is -0.598. The van der Waals surface area contributed by atoms with E-state index in [1.807, 2.05) is 6.92 Å². The third kappa shape index (κ3) is 2.97. The highest BCUT2D eigenvalue weighted by atomic mass is 16.1. The van der Waals surface area contributed by atoms with Crippen molar-refractivity contribution in [3.63, 3.8) is 0 Å². The smallest absolute Gasteiger partial charge is 0.224 e. The van der Waals surface area contributed by atoms with Gasteiger partial charge in [-0.05, 0) is 20.0 Å². The van der Waals surface area contributed by atoms with E-state index in [1.165, 1.54) is 0 Å². The first-order valence-electron chi connectivity index (χ1n) is 4.82. The molecular weight excluding hydrogens is 166 g/mol. The van der Waals surface area contributed by atoms with Gasteiger partial charge >= 0.3 is 0 Å². The van der Waals surface area contributed by atoms with Crippen molar-refractivity contribution in [1.82, 2.24) is 10.2 Å². The molecule has 1 amide bonds. The van der Waals surface area contributed by atoms with Gasteiger partial charge in [-0.15, -0.1) is 0 Å². The Morgan fingerprint density at radius 1 is 1.77 bits per heavy atom. The Morgan fingerprint density at radius 3 is 2.92 bits per heavy atom. The van der Waals surface area contributed by atoms with E-state index in [0.717, 1.165) is 19.5 Å². The number of likely N-dealkylation sites (tertiary alicyclic amines) is 1. The molecule has 1 saturated heterocycles. The van der Waals surface area contributed by atoms with Crippen LogP contribution in [0.15, 0.2) is 0 Å². The van der Waals surface area contributed by atoms with Crippen molar-refractivity contribution in [2.75, 3.05) is 26.7 Å². The van der Waals surface area contributed by atoms with E-state index in [4.69, 9.17) is 5.73 Å². The fourth-order valence-corrected chi connectivity index (χ4v) is 1.50. The maximum Gasteiger partial charge on any atom is 0.224 e. The van der Waals surface area contributed by atoms with Gasteiger partial charge in [-0.1, -0.05) is 6.92 Å². The van der Waals surface area contributed by atoms with Gasteiger partial charge in [-0.2, -0.15) is 0 Å². The summed E-state index contributed by atoms with van der Waals surface area (Å²) < 4.78 is 0. The number of hydrogen-bond donors (Lipinski definition) is 2. The Kier molecular flexibility index (Phi) is 3.69. The van der Waals surface area contributed by atoms with Crippen molar-refractivity contribution in [3.05, 3.63) is 0 Å². The molecule has 1 fully saturated rings. The van der Waals surface area contributed by atoms with Gasteiger partial charge in [-0.3, -0.25) is 4.79 Å². The summed E-state index contributed by atoms with van der Waals surface area (Å²) in [4.78, 5) is 13.6. The molecule has 0 radical (unpaired) electrons. The lowest BCUT2D eigenvalue weighted by Crippen LogP contribution is -2.41. The zero-order chi connectivity index (χ0) is 9.84. The van der Waals surface area contributed by atoms with E-state index in [0.29, 0.717) is 12.6 Å². The van der Waals surface area contributed by atoms with Crippen LogP contribution in [0.3, 0.4) is 0 Å². The summed E-state index contributed by atoms with van der Waals surface area (Å²) in [5.41, 5.74) is 5.40. The van der Waals surface area contributed by atoms with E-state index >= 15 is 0 Å². The fourth-order valence-electron chi connectivity index (χ4n) is 1.50. The average molecular weight is 185 g/mol. The number of nitrogens with zero attached hydrogens (tertiary/aromatic N) is 1. The average Bonchev–Trinajstić information content (AvgIpc) is 2.49. The lowest BCUT2D eigenvalue weighted by Gasteiger charge is -2.15. The van der Waals surface area contributed by atoms with Crippen LogP contribution in [0.5, 0.6) is 0 Å². The molecule has 2 atom stereocenters. The molecule has 0 spiro atoms. The highest BCUT2D eigenvalue weighted by Gasteiger charge is 2.22. The van der Waals surface area contributed by atoms with Crippen LogP contribution in [0.2, 0.25) is 0 Å². The molecule has 4 nitrogen and oxygen atoms in total. The molecule has 1 heterocycles. The van der Waals surface area contributed by atoms with Gasteiger partial charge in [0.05, 0.1) is 0 Å². The molecule has 4 heteroatoms. The summed E-state index contributed by atoms with van der Waals surface area (Å²) in [6, 6.07) is 0.325. The molecule has 1 rings (SSSR count). The van der Waals surface area contributed by atoms with Crippen LogP contribution in [-0.2, 0) is 4.79 Å². The first-order chi connectivity index (χ1) is 6.13. The van der Waals surface area contributed by atoms with Gasteiger partial charge in [0.15, 0.2) is 0 Å². The maximum absolute atomic E-state index is 11.4. The standard InChI is InChI=1S/C9H19N3O/c1-7(5-10)9(13)11-8-3-4-12(2)6-8/h7-8H,3-6,10H2,1-2H3,(H,11,13). The SMILES string of the molecule is CC(CN)C(=O)NC1CCN(C)C1. The van der Waals surface area contributed by atoms with E-state index in [1.54, 1.807) is 0 Å². The van der Waals surface area contributed by atoms with Gasteiger partial charge in [-0.25, -0.2) is 0 Å². The van der Waals surface area contributed by atoms with Crippen molar-refractivity contribution >= 4 is 5.91 Å². The highest BCUT2D eigenvalue weighted by molar-refractivity contribution is 5.78. The minimum Gasteiger partial charge on any atom is -0.352 e. The number of nitrogens with two attached hydrogens (primary N) is 1. The quantitative estimate of drug-likeness (QED) is 0.617. The predicted molar refractivity (Wildman–Crippen MR) is 52.3 cm³/mol. The Hall–Kier alpha value is -0.610. The van der Waals surface area contributed by atoms with Crippen molar-refractivity contribution in [3.8, 4) is 0 Å². The molecule has 0 aromatic rings. The topological polar surface area (TPSA) is 58.4 Å². The van der Waals surface area contributed by atoms with Crippen molar-refractivity contribution in [1.29, 1.82) is 0 Å². The van der Waals surface area contributed by atoms with E-state index in [-0.39, 0.29) is 11.8 Å². The minimum absolute atomic E-state index is 0.0640. The summed E-state index contributed by atoms with van der Waals surface area (Å²) in [6.07, 6.45) is 1.06. The van der Waals surface area contributed by atoms with Crippen molar-refractivity contribution in [2.45, 2.75) is 19.4 Å². The lowest BCUT2D eigenvalue weighted by atomic mass is 10.1. The second kappa shape index (κ2) is 4.58. The molecule has 13 heavy (non-hydrogen) atoms. The van der Waals surface area contributed by atoms with Gasteiger partial charge in [0, 0.05) is 25.0 Å². The minimum atomic E-state index is -0.0640. The fraction of sp³-hybridized carbons (Fsp3) is 0.889. The second-order valence-electron chi connectivity index (χ2n) is 3.89. The summed E-state index contributed by atoms with van der Waals surface area (Å²) in [6.45, 7) is 4.31. The Morgan fingerprint density at radius 2 is 2.46 bits per heavy atom. The third-order valence-corrected chi connectivity index (χ3v) is 2.54. The molecule has 0 aromatic heterocycles. The van der Waals surface area contributed by atoms with Crippen LogP contribution in [0.1, 0.15) is 13.3 Å². The molecule has 3 N–H and O–H groups in total. The number of carbonyl (C=O) groups is 1. The molecular formula is C9H19N3O. The molecule has 0 bridgehead atoms. The molecule has 1 aliphatic heterocycles. The lowest BCUT2D eigenvalue weighted by molar-refractivity contribution is -0.124. The van der Waals surface area contributed by atoms with Crippen molar-refractivity contribution < 1.29 is 4.79 Å². The Labute approximate surface area is 79.5 Å². The molecule has 76 valence electrons. The van der Waals surface area contributed by atoms with Crippen LogP contribution >= 0.6 is 0 Å². The van der Waals surface area contributed by atoms with Gasteiger partial charge in [0.1, 0.15) is 0 Å². The summed E-state index contributed by atoms with van der Waals surface area (Å²) in [7, 11) is 2.07. The van der Waals surface area contributed by atoms with Gasteiger partial charge in [0.25, 0.3) is 0 Å². The van der Waals surface area contributed by atoms with E-state index in [2.05, 4.69) is 17.3 Å². The van der Waals surface area contributed by atoms with Gasteiger partial charge in [0.2, 0.25) is 5.91 Å². The Balaban J connectivity index is 2.28. The Bertz CT molecular complexity index is 184. The zero-order valence-corrected chi connectivity index (χ0v) is 8.42. The van der Waals surface area contributed by atoms with Crippen LogP contribution in [0.4, 0.5) is 0 Å². The number of hydrogen-bond acceptors (Lipinski definition) is 3. The maximum atomic E-state index is 11.4. The van der Waals surface area contributed by atoms with E-state index < -0.39 is 0 Å². The van der Waals surface area contributed by atoms with Crippen molar-refractivity contribution in [2.24, 2.45) is 11.7 Å². The number of amides is 1. The third-order valence-electron chi connectivity index (χ3n) is 2.54. The number of rotatable bonds is 3. The summed E-state index contributed by atoms with van der Waals surface area (Å²) >= 11 is 0. The normalized spacial score (nSPS) is 25.9. The number of nitrogens with one attached hydrogen (secondary N) is 1. The van der Waals surface area contributed by atoms with Crippen LogP contribution in [-0.4, -0.2) is 43.5 Å². The first kappa shape index (κ1) is 10.5. The molecule has 2 unspecified atom stereocenters. The summed E-state index contributed by atoms with van der Waals surface area (Å²) in [5, 5.41) is 3.00. The first-order valence-corrected chi connectivity index (χ1v) is 4.82. The molecule has 0 aromatic carbocycles. The van der Waals surface area contributed by atoms with Crippen LogP contribution < -0.4 is 11.1 Å². The van der Waals surface area contributed by atoms with E-state index in [9.17, 15) is 4.79 Å². The zero-order valence-electron chi connectivity index (χ0n) is 8.42. The largest absolute Gasteiger partial charge is 0.352 e. The molecule has 0 aliphatic carbocycles. The molecule has 1 aliphatic rings. The second-order valence-corrected chi connectivity index (χ2v) is 3.89. The monoisotopic (exact) mass is 185 g/mol. The number of likely N-dealkylation sites (N-methyl/N-ethyl adjacent to an activating group) is 1. The summed E-state index contributed by atoms with van der Waals surface area (Å²) in [5.74, 6) is 0.0220. The van der Waals surface area contributed by atoms with Gasteiger partial charge < -0.3 is 16.0 Å². The molecule has 0 saturated carbocycles. The van der Waals surface area contributed by atoms with Crippen LogP contribution in [0.25, 0.3) is 0 Å². The van der Waals surface area contributed by atoms with Crippen LogP contribution in [0, 0.1) is 5.92 Å². The highest BCUT2D eigenvalue weighted by Crippen LogP contribution is 2.06.